The summed E-state index contributed by atoms with van der Waals surface area (Å²) in [6.07, 6.45) is 5.44. The molecule has 1 N–H and O–H groups in total. The number of rotatable bonds is 5. The first kappa shape index (κ1) is 21.3. The zero-order valence-electron chi connectivity index (χ0n) is 18.5. The van der Waals surface area contributed by atoms with Gasteiger partial charge in [0.1, 0.15) is 11.6 Å². The van der Waals surface area contributed by atoms with Crippen LogP contribution in [0.1, 0.15) is 11.6 Å². The van der Waals surface area contributed by atoms with E-state index in [4.69, 9.17) is 9.72 Å². The Balaban J connectivity index is 1.36. The molecule has 2 fully saturated rings. The van der Waals surface area contributed by atoms with Crippen molar-refractivity contribution < 1.29 is 13.5 Å². The maximum atomic E-state index is 15.1. The summed E-state index contributed by atoms with van der Waals surface area (Å²) in [5, 5.41) is 7.69. The zero-order chi connectivity index (χ0) is 23.1. The Labute approximate surface area is 195 Å². The van der Waals surface area contributed by atoms with Crippen LogP contribution < -0.4 is 5.32 Å². The predicted octanol–water partition coefficient (Wildman–Crippen LogP) is 3.42. The second kappa shape index (κ2) is 8.83. The zero-order valence-corrected chi connectivity index (χ0v) is 18.5. The molecule has 0 spiro atoms. The predicted molar refractivity (Wildman–Crippen MR) is 124 cm³/mol. The molecule has 2 aromatic carbocycles. The van der Waals surface area contributed by atoms with Crippen LogP contribution in [0.2, 0.25) is 0 Å². The second-order valence-electron chi connectivity index (χ2n) is 8.76. The molecule has 0 aliphatic carbocycles. The van der Waals surface area contributed by atoms with Crippen molar-refractivity contribution in [3.8, 4) is 22.4 Å². The minimum atomic E-state index is -0.557. The lowest BCUT2D eigenvalue weighted by Crippen LogP contribution is -2.43. The molecular formula is C25H24F2N6O. The summed E-state index contributed by atoms with van der Waals surface area (Å²) in [7, 11) is 0. The fraction of sp³-hybridized carbons (Fsp3) is 0.320. The molecule has 0 amide bonds. The Morgan fingerprint density at radius 3 is 2.56 bits per heavy atom. The van der Waals surface area contributed by atoms with Crippen LogP contribution in [0.5, 0.6) is 0 Å². The number of aromatic nitrogens is 4. The third-order valence-electron chi connectivity index (χ3n) is 6.54. The number of morpholine rings is 1. The largest absolute Gasteiger partial charge is 0.379 e. The van der Waals surface area contributed by atoms with Crippen LogP contribution in [0.25, 0.3) is 33.4 Å². The molecule has 6 rings (SSSR count). The molecule has 34 heavy (non-hydrogen) atoms. The lowest BCUT2D eigenvalue weighted by atomic mass is 10.0. The number of nitrogens with one attached hydrogen (secondary N) is 1. The van der Waals surface area contributed by atoms with Crippen molar-refractivity contribution in [1.29, 1.82) is 0 Å². The quantitative estimate of drug-likeness (QED) is 0.490. The highest BCUT2D eigenvalue weighted by molar-refractivity contribution is 5.92. The molecule has 0 radical (unpaired) electrons. The Bertz CT molecular complexity index is 1320. The van der Waals surface area contributed by atoms with E-state index in [1.54, 1.807) is 12.4 Å². The van der Waals surface area contributed by atoms with Crippen molar-refractivity contribution in [3.63, 3.8) is 0 Å². The molecule has 2 aliphatic rings. The molecule has 7 nitrogen and oxygen atoms in total. The molecule has 0 bridgehead atoms. The summed E-state index contributed by atoms with van der Waals surface area (Å²) >= 11 is 0. The number of nitrogens with zero attached hydrogens (tertiary/aromatic N) is 5. The molecular weight excluding hydrogens is 438 g/mol. The van der Waals surface area contributed by atoms with Gasteiger partial charge >= 0.3 is 0 Å². The van der Waals surface area contributed by atoms with E-state index >= 15 is 8.78 Å². The molecule has 4 heterocycles. The standard InChI is InChI=1S/C25H24F2N6O/c26-21-8-16(9-22(27)20(21)15-32-4-6-34-7-5-32)19-2-1-3-23-25(19)31-24(13-29-23)17-10-30-33(14-17)18-11-28-12-18/h1-3,8-10,13-14,18,28H,4-7,11-12,15H2. The molecule has 2 saturated heterocycles. The first-order valence-electron chi connectivity index (χ1n) is 11.4. The summed E-state index contributed by atoms with van der Waals surface area (Å²) < 4.78 is 37.4. The summed E-state index contributed by atoms with van der Waals surface area (Å²) in [6.45, 7) is 4.50. The van der Waals surface area contributed by atoms with E-state index in [-0.39, 0.29) is 12.1 Å². The van der Waals surface area contributed by atoms with Gasteiger partial charge in [0, 0.05) is 55.6 Å². The van der Waals surface area contributed by atoms with Crippen molar-refractivity contribution in [3.05, 3.63) is 66.1 Å². The molecule has 0 saturated carbocycles. The maximum Gasteiger partial charge on any atom is 0.131 e. The van der Waals surface area contributed by atoms with Crippen molar-refractivity contribution in [2.45, 2.75) is 12.6 Å². The van der Waals surface area contributed by atoms with E-state index in [1.165, 1.54) is 12.1 Å². The van der Waals surface area contributed by atoms with Crippen molar-refractivity contribution in [1.82, 2.24) is 30.0 Å². The van der Waals surface area contributed by atoms with Gasteiger partial charge in [-0.05, 0) is 23.8 Å². The highest BCUT2D eigenvalue weighted by atomic mass is 19.1. The van der Waals surface area contributed by atoms with Crippen LogP contribution in [-0.4, -0.2) is 64.0 Å². The summed E-state index contributed by atoms with van der Waals surface area (Å²) in [6, 6.07) is 8.62. The molecule has 2 aromatic heterocycles. The molecule has 4 aromatic rings. The van der Waals surface area contributed by atoms with Crippen molar-refractivity contribution >= 4 is 11.0 Å². The highest BCUT2D eigenvalue weighted by Crippen LogP contribution is 2.31. The smallest absolute Gasteiger partial charge is 0.131 e. The van der Waals surface area contributed by atoms with E-state index in [2.05, 4.69) is 15.4 Å². The normalized spacial score (nSPS) is 17.2. The van der Waals surface area contributed by atoms with E-state index in [9.17, 15) is 0 Å². The van der Waals surface area contributed by atoms with Crippen molar-refractivity contribution in [2.24, 2.45) is 0 Å². The van der Waals surface area contributed by atoms with E-state index < -0.39 is 11.6 Å². The molecule has 2 aliphatic heterocycles. The Morgan fingerprint density at radius 2 is 1.82 bits per heavy atom. The fourth-order valence-electron chi connectivity index (χ4n) is 4.43. The number of ether oxygens (including phenoxy) is 1. The Kier molecular flexibility index (Phi) is 5.52. The fourth-order valence-corrected chi connectivity index (χ4v) is 4.43. The third-order valence-corrected chi connectivity index (χ3v) is 6.54. The van der Waals surface area contributed by atoms with Gasteiger partial charge in [-0.25, -0.2) is 13.8 Å². The Morgan fingerprint density at radius 1 is 1.03 bits per heavy atom. The number of hydrogen-bond acceptors (Lipinski definition) is 6. The Hall–Kier alpha value is -3.27. The summed E-state index contributed by atoms with van der Waals surface area (Å²) in [5.74, 6) is -1.11. The first-order valence-corrected chi connectivity index (χ1v) is 11.4. The van der Waals surface area contributed by atoms with Gasteiger partial charge in [0.15, 0.2) is 0 Å². The van der Waals surface area contributed by atoms with Crippen LogP contribution in [0.4, 0.5) is 8.78 Å². The molecule has 0 atom stereocenters. The number of hydrogen-bond donors (Lipinski definition) is 1. The molecule has 9 heteroatoms. The lowest BCUT2D eigenvalue weighted by molar-refractivity contribution is 0.0332. The van der Waals surface area contributed by atoms with Gasteiger partial charge in [0.25, 0.3) is 0 Å². The average Bonchev–Trinajstić information content (AvgIpc) is 3.29. The van der Waals surface area contributed by atoms with Gasteiger partial charge in [-0.3, -0.25) is 14.6 Å². The van der Waals surface area contributed by atoms with Gasteiger partial charge in [0.05, 0.1) is 48.4 Å². The SMILES string of the molecule is Fc1cc(-c2cccc3ncc(-c4cnn(C5CNC5)c4)nc23)cc(F)c1CN1CCOCC1. The number of benzene rings is 2. The van der Waals surface area contributed by atoms with Crippen LogP contribution in [0.3, 0.4) is 0 Å². The lowest BCUT2D eigenvalue weighted by Gasteiger charge is -2.27. The van der Waals surface area contributed by atoms with Crippen LogP contribution >= 0.6 is 0 Å². The minimum absolute atomic E-state index is 0.0792. The first-order chi connectivity index (χ1) is 16.7. The van der Waals surface area contributed by atoms with Gasteiger partial charge < -0.3 is 10.1 Å². The topological polar surface area (TPSA) is 68.1 Å². The van der Waals surface area contributed by atoms with Gasteiger partial charge in [-0.2, -0.15) is 5.10 Å². The van der Waals surface area contributed by atoms with Crippen LogP contribution in [-0.2, 0) is 11.3 Å². The number of halogens is 2. The van der Waals surface area contributed by atoms with Gasteiger partial charge in [0.2, 0.25) is 0 Å². The van der Waals surface area contributed by atoms with Crippen LogP contribution in [0.15, 0.2) is 48.9 Å². The van der Waals surface area contributed by atoms with Crippen molar-refractivity contribution in [2.75, 3.05) is 39.4 Å². The summed E-state index contributed by atoms with van der Waals surface area (Å²) in [4.78, 5) is 11.4. The van der Waals surface area contributed by atoms with E-state index in [1.807, 2.05) is 34.0 Å². The number of para-hydroxylation sites is 1. The maximum absolute atomic E-state index is 15.1. The van der Waals surface area contributed by atoms with E-state index in [0.717, 1.165) is 18.7 Å². The van der Waals surface area contributed by atoms with Crippen LogP contribution in [0, 0.1) is 11.6 Å². The number of fused-ring (bicyclic) bond motifs is 1. The monoisotopic (exact) mass is 462 g/mol. The molecule has 0 unspecified atom stereocenters. The van der Waals surface area contributed by atoms with Gasteiger partial charge in [-0.15, -0.1) is 0 Å². The summed E-state index contributed by atoms with van der Waals surface area (Å²) in [5.41, 5.74) is 3.94. The second-order valence-corrected chi connectivity index (χ2v) is 8.76. The highest BCUT2D eigenvalue weighted by Gasteiger charge is 2.21. The minimum Gasteiger partial charge on any atom is -0.379 e. The third kappa shape index (κ3) is 3.96. The average molecular weight is 463 g/mol. The van der Waals surface area contributed by atoms with E-state index in [0.29, 0.717) is 60.2 Å². The van der Waals surface area contributed by atoms with Gasteiger partial charge in [-0.1, -0.05) is 12.1 Å². The molecule has 174 valence electrons.